The third kappa shape index (κ3) is 6.44. The van der Waals surface area contributed by atoms with Crippen LogP contribution in [0, 0.1) is 17.8 Å². The van der Waals surface area contributed by atoms with Gasteiger partial charge in [-0.05, 0) is 44.0 Å². The van der Waals surface area contributed by atoms with Gasteiger partial charge in [-0.25, -0.2) is 9.78 Å². The number of aromatic nitrogens is 4. The zero-order valence-electron chi connectivity index (χ0n) is 24.6. The largest absolute Gasteiger partial charge is 0.463 e. The fraction of sp³-hybridized carbons (Fsp3) is 0.448. The van der Waals surface area contributed by atoms with E-state index in [4.69, 9.17) is 42.7 Å². The van der Waals surface area contributed by atoms with E-state index in [1.807, 2.05) is 0 Å². The molecular formula is C29H29ClF3N5O7. The molecule has 0 radical (unpaired) electrons. The third-order valence-electron chi connectivity index (χ3n) is 7.48. The van der Waals surface area contributed by atoms with Crippen LogP contribution in [0.15, 0.2) is 30.6 Å². The number of rotatable bonds is 10. The van der Waals surface area contributed by atoms with Gasteiger partial charge in [0, 0.05) is 13.3 Å². The van der Waals surface area contributed by atoms with Crippen molar-refractivity contribution in [3.8, 4) is 12.3 Å². The van der Waals surface area contributed by atoms with E-state index in [1.165, 1.54) is 30.8 Å². The molecule has 1 aliphatic rings. The molecule has 3 aromatic rings. The number of ketones is 1. The fourth-order valence-electron chi connectivity index (χ4n) is 5.08. The van der Waals surface area contributed by atoms with Crippen LogP contribution in [0.25, 0.3) is 11.2 Å². The summed E-state index contributed by atoms with van der Waals surface area (Å²) in [5.41, 5.74) is 1.40. The zero-order chi connectivity index (χ0) is 33.3. The highest BCUT2D eigenvalue weighted by Gasteiger charge is 2.58. The SMILES string of the molecule is C#C[C@@]1(C)[C@@H](COC(Cc2cccc(C(F)(F)F)c2)(C(C)=O)C(=O)OCC)O[C@@H](n2cnc3c(N)nc(Cl)nc32)[C@@H]1OC(C)=O. The van der Waals surface area contributed by atoms with Crippen molar-refractivity contribution in [1.82, 2.24) is 19.5 Å². The molecule has 1 aromatic carbocycles. The van der Waals surface area contributed by atoms with Crippen LogP contribution in [0.4, 0.5) is 19.0 Å². The number of halogens is 4. The smallest absolute Gasteiger partial charge is 0.416 e. The topological polar surface area (TPSA) is 158 Å². The molecule has 1 aliphatic heterocycles. The lowest BCUT2D eigenvalue weighted by Crippen LogP contribution is -2.53. The standard InChI is InChI=1S/C29H29ClF3N5O7/c1-6-27(5)19(45-24(21(27)44-16(4)40)38-14-35-20-22(34)36-26(30)37-23(20)38)13-43-28(15(3)39,25(41)42-7-2)12-17-9-8-10-18(11-17)29(31,32)33/h1,8-11,14,19,21,24H,7,12-13H2,2-5H3,(H2,34,36,37)/t19-,21+,24-,27+,28?/m1/s1. The predicted molar refractivity (Wildman–Crippen MR) is 152 cm³/mol. The summed E-state index contributed by atoms with van der Waals surface area (Å²) >= 11 is 6.02. The first-order valence-electron chi connectivity index (χ1n) is 13.5. The Morgan fingerprint density at radius 2 is 1.96 bits per heavy atom. The number of carbonyl (C=O) groups is 3. The van der Waals surface area contributed by atoms with Crippen LogP contribution in [0.1, 0.15) is 45.0 Å². The number of carbonyl (C=O) groups excluding carboxylic acids is 3. The molecule has 4 rings (SSSR count). The summed E-state index contributed by atoms with van der Waals surface area (Å²) in [5.74, 6) is -0.115. The molecule has 2 aromatic heterocycles. The second-order valence-electron chi connectivity index (χ2n) is 10.5. The van der Waals surface area contributed by atoms with E-state index in [0.29, 0.717) is 0 Å². The molecule has 240 valence electrons. The van der Waals surface area contributed by atoms with E-state index < -0.39 is 71.9 Å². The quantitative estimate of drug-likeness (QED) is 0.147. The van der Waals surface area contributed by atoms with Crippen LogP contribution < -0.4 is 5.73 Å². The van der Waals surface area contributed by atoms with Crippen LogP contribution in [0.2, 0.25) is 5.28 Å². The Kier molecular flexibility index (Phi) is 9.43. The van der Waals surface area contributed by atoms with Crippen molar-refractivity contribution >= 4 is 46.3 Å². The molecule has 45 heavy (non-hydrogen) atoms. The summed E-state index contributed by atoms with van der Waals surface area (Å²) in [5, 5.41) is -0.196. The number of ether oxygens (including phenoxy) is 4. The Labute approximate surface area is 260 Å². The van der Waals surface area contributed by atoms with Crippen LogP contribution in [0.3, 0.4) is 0 Å². The lowest BCUT2D eigenvalue weighted by molar-refractivity contribution is -0.182. The molecule has 2 N–H and O–H groups in total. The van der Waals surface area contributed by atoms with Gasteiger partial charge < -0.3 is 24.7 Å². The summed E-state index contributed by atoms with van der Waals surface area (Å²) < 4.78 is 64.8. The highest BCUT2D eigenvalue weighted by molar-refractivity contribution is 6.28. The number of imidazole rings is 1. The average Bonchev–Trinajstić information content (AvgIpc) is 3.49. The highest BCUT2D eigenvalue weighted by Crippen LogP contribution is 2.46. The monoisotopic (exact) mass is 651 g/mol. The van der Waals surface area contributed by atoms with Crippen molar-refractivity contribution in [2.45, 2.75) is 64.3 Å². The van der Waals surface area contributed by atoms with E-state index in [2.05, 4.69) is 20.9 Å². The van der Waals surface area contributed by atoms with Gasteiger partial charge in [0.05, 0.1) is 30.5 Å². The predicted octanol–water partition coefficient (Wildman–Crippen LogP) is 3.70. The maximum Gasteiger partial charge on any atom is 0.416 e. The number of alkyl halides is 3. The van der Waals surface area contributed by atoms with E-state index in [1.54, 1.807) is 0 Å². The first-order valence-corrected chi connectivity index (χ1v) is 13.9. The highest BCUT2D eigenvalue weighted by atomic mass is 35.5. The van der Waals surface area contributed by atoms with Crippen molar-refractivity contribution in [3.63, 3.8) is 0 Å². The Morgan fingerprint density at radius 3 is 2.56 bits per heavy atom. The number of benzene rings is 1. The van der Waals surface area contributed by atoms with Gasteiger partial charge in [0.15, 0.2) is 29.6 Å². The number of nitrogens with two attached hydrogens (primary N) is 1. The van der Waals surface area contributed by atoms with Crippen molar-refractivity contribution in [2.75, 3.05) is 18.9 Å². The molecular weight excluding hydrogens is 623 g/mol. The van der Waals surface area contributed by atoms with Gasteiger partial charge in [-0.2, -0.15) is 23.1 Å². The lowest BCUT2D eigenvalue weighted by Gasteiger charge is -2.33. The Balaban J connectivity index is 1.75. The molecule has 1 saturated heterocycles. The van der Waals surface area contributed by atoms with Gasteiger partial charge in [0.1, 0.15) is 11.6 Å². The summed E-state index contributed by atoms with van der Waals surface area (Å²) in [6.07, 6.45) is -1.56. The molecule has 0 aliphatic carbocycles. The van der Waals surface area contributed by atoms with Crippen molar-refractivity contribution < 1.29 is 46.5 Å². The van der Waals surface area contributed by atoms with E-state index >= 15 is 0 Å². The number of hydrogen-bond acceptors (Lipinski definition) is 11. The molecule has 0 saturated carbocycles. The number of nitrogens with zero attached hydrogens (tertiary/aromatic N) is 4. The van der Waals surface area contributed by atoms with Gasteiger partial charge in [-0.3, -0.25) is 14.2 Å². The van der Waals surface area contributed by atoms with Crippen LogP contribution in [-0.4, -0.2) is 68.3 Å². The molecule has 16 heteroatoms. The van der Waals surface area contributed by atoms with Gasteiger partial charge in [-0.15, -0.1) is 6.42 Å². The zero-order valence-corrected chi connectivity index (χ0v) is 25.3. The van der Waals surface area contributed by atoms with E-state index in [0.717, 1.165) is 32.0 Å². The average molecular weight is 652 g/mol. The number of anilines is 1. The van der Waals surface area contributed by atoms with Gasteiger partial charge in [-0.1, -0.05) is 24.1 Å². The molecule has 0 amide bonds. The number of Topliss-reactive ketones (excluding diaryl/α,β-unsaturated/α-hetero) is 1. The first kappa shape index (κ1) is 33.6. The van der Waals surface area contributed by atoms with Crippen LogP contribution in [-0.2, 0) is 45.9 Å². The maximum atomic E-state index is 13.4. The van der Waals surface area contributed by atoms with Gasteiger partial charge in [0.25, 0.3) is 0 Å². The number of hydrogen-bond donors (Lipinski definition) is 1. The Bertz CT molecular complexity index is 1680. The number of esters is 2. The molecule has 0 spiro atoms. The first-order chi connectivity index (χ1) is 21.1. The molecule has 5 atom stereocenters. The lowest BCUT2D eigenvalue weighted by atomic mass is 9.81. The molecule has 12 nitrogen and oxygen atoms in total. The van der Waals surface area contributed by atoms with Crippen LogP contribution in [0.5, 0.6) is 0 Å². The second kappa shape index (κ2) is 12.6. The van der Waals surface area contributed by atoms with E-state index in [-0.39, 0.29) is 34.4 Å². The number of nitrogen functional groups attached to an aromatic ring is 1. The van der Waals surface area contributed by atoms with Crippen molar-refractivity contribution in [2.24, 2.45) is 5.41 Å². The summed E-state index contributed by atoms with van der Waals surface area (Å²) in [6, 6.07) is 4.14. The second-order valence-corrected chi connectivity index (χ2v) is 10.8. The summed E-state index contributed by atoms with van der Waals surface area (Å²) in [4.78, 5) is 50.9. The van der Waals surface area contributed by atoms with Crippen LogP contribution >= 0.6 is 11.6 Å². The van der Waals surface area contributed by atoms with Gasteiger partial charge >= 0.3 is 18.1 Å². The van der Waals surface area contributed by atoms with E-state index in [9.17, 15) is 27.6 Å². The molecule has 0 bridgehead atoms. The minimum absolute atomic E-state index is 0.0187. The molecule has 1 unspecified atom stereocenters. The number of terminal acetylenes is 1. The minimum Gasteiger partial charge on any atom is -0.463 e. The molecule has 1 fully saturated rings. The molecule has 3 heterocycles. The third-order valence-corrected chi connectivity index (χ3v) is 7.65. The number of fused-ring (bicyclic) bond motifs is 1. The summed E-state index contributed by atoms with van der Waals surface area (Å²) in [7, 11) is 0. The van der Waals surface area contributed by atoms with Gasteiger partial charge in [0.2, 0.25) is 10.9 Å². The van der Waals surface area contributed by atoms with Crippen molar-refractivity contribution in [3.05, 3.63) is 47.0 Å². The fourth-order valence-corrected chi connectivity index (χ4v) is 5.25. The Morgan fingerprint density at radius 1 is 1.24 bits per heavy atom. The normalized spacial score (nSPS) is 22.9. The Hall–Kier alpha value is -4.26. The van der Waals surface area contributed by atoms with Crippen molar-refractivity contribution in [1.29, 1.82) is 0 Å². The minimum atomic E-state index is -4.68. The maximum absolute atomic E-state index is 13.4. The summed E-state index contributed by atoms with van der Waals surface area (Å²) in [6.45, 7) is 4.54.